The molecule has 1 aromatic rings. The van der Waals surface area contributed by atoms with Crippen molar-refractivity contribution in [1.82, 2.24) is 5.32 Å². The number of carbonyl (C=O) groups is 3. The second-order valence-electron chi connectivity index (χ2n) is 5.41. The van der Waals surface area contributed by atoms with E-state index in [1.807, 2.05) is 0 Å². The van der Waals surface area contributed by atoms with Crippen molar-refractivity contribution in [2.24, 2.45) is 0 Å². The lowest BCUT2D eigenvalue weighted by molar-refractivity contribution is -0.156. The number of nitrogens with one attached hydrogen (secondary N) is 1. The van der Waals surface area contributed by atoms with Gasteiger partial charge in [0.15, 0.2) is 12.2 Å². The lowest BCUT2D eigenvalue weighted by Gasteiger charge is -2.29. The Balaban J connectivity index is 1.92. The van der Waals surface area contributed by atoms with E-state index in [1.54, 1.807) is 24.3 Å². The van der Waals surface area contributed by atoms with Crippen LogP contribution in [0.3, 0.4) is 0 Å². The van der Waals surface area contributed by atoms with E-state index in [-0.39, 0.29) is 25.5 Å². The van der Waals surface area contributed by atoms with E-state index in [4.69, 9.17) is 9.84 Å². The number of carbonyl (C=O) groups excluding carboxylic acids is 2. The molecule has 2 amide bonds. The van der Waals surface area contributed by atoms with Gasteiger partial charge in [0.25, 0.3) is 5.91 Å². The Bertz CT molecular complexity index is 628. The van der Waals surface area contributed by atoms with Gasteiger partial charge in [-0.15, -0.1) is 0 Å². The number of hydrogen-bond acceptors (Lipinski definition) is 5. The lowest BCUT2D eigenvalue weighted by Crippen LogP contribution is -2.47. The van der Waals surface area contributed by atoms with E-state index in [2.05, 4.69) is 5.32 Å². The summed E-state index contributed by atoms with van der Waals surface area (Å²) < 4.78 is 5.30. The van der Waals surface area contributed by atoms with Crippen molar-refractivity contribution in [1.29, 1.82) is 0 Å². The van der Waals surface area contributed by atoms with Gasteiger partial charge in [-0.05, 0) is 19.1 Å². The number of amides is 2. The number of anilines is 1. The Hall–Kier alpha value is -2.61. The van der Waals surface area contributed by atoms with Gasteiger partial charge in [-0.3, -0.25) is 9.59 Å². The van der Waals surface area contributed by atoms with Crippen LogP contribution in [0.4, 0.5) is 5.69 Å². The smallest absolute Gasteiger partial charge is 0.337 e. The quantitative estimate of drug-likeness (QED) is 0.665. The molecule has 23 heavy (non-hydrogen) atoms. The van der Waals surface area contributed by atoms with Crippen LogP contribution >= 0.6 is 0 Å². The SMILES string of the molecule is CC(O)(CNC(=O)CCN1C(=O)COc2ccccc21)C(=O)O. The van der Waals surface area contributed by atoms with Crippen LogP contribution in [0.1, 0.15) is 13.3 Å². The molecule has 0 radical (unpaired) electrons. The monoisotopic (exact) mass is 322 g/mol. The third-order valence-electron chi connectivity index (χ3n) is 3.46. The Morgan fingerprint density at radius 3 is 2.78 bits per heavy atom. The van der Waals surface area contributed by atoms with Crippen molar-refractivity contribution in [3.05, 3.63) is 24.3 Å². The molecule has 0 fully saturated rings. The largest absolute Gasteiger partial charge is 0.482 e. The van der Waals surface area contributed by atoms with E-state index in [1.165, 1.54) is 4.90 Å². The average Bonchev–Trinajstić information content (AvgIpc) is 2.52. The first-order chi connectivity index (χ1) is 10.8. The summed E-state index contributed by atoms with van der Waals surface area (Å²) in [6.45, 7) is 0.735. The molecule has 1 aliphatic rings. The van der Waals surface area contributed by atoms with E-state index in [9.17, 15) is 19.5 Å². The number of aliphatic carboxylic acids is 1. The molecule has 0 aliphatic carbocycles. The number of carboxylic acid groups (broad SMARTS) is 1. The van der Waals surface area contributed by atoms with Crippen LogP contribution in [0, 0.1) is 0 Å². The molecular formula is C15H18N2O6. The molecule has 0 bridgehead atoms. The average molecular weight is 322 g/mol. The highest BCUT2D eigenvalue weighted by molar-refractivity contribution is 5.98. The standard InChI is InChI=1S/C15H18N2O6/c1-15(22,14(20)21)9-16-12(18)6-7-17-10-4-2-3-5-11(10)23-8-13(17)19/h2-5,22H,6-9H2,1H3,(H,16,18)(H,20,21). The maximum atomic E-state index is 11.9. The number of ether oxygens (including phenoxy) is 1. The van der Waals surface area contributed by atoms with Crippen molar-refractivity contribution in [2.75, 3.05) is 24.6 Å². The molecule has 0 aromatic heterocycles. The first kappa shape index (κ1) is 16.8. The van der Waals surface area contributed by atoms with Gasteiger partial charge in [-0.1, -0.05) is 12.1 Å². The summed E-state index contributed by atoms with van der Waals surface area (Å²) in [5.74, 6) is -1.56. The minimum absolute atomic E-state index is 0.0181. The second kappa shape index (κ2) is 6.66. The van der Waals surface area contributed by atoms with Crippen LogP contribution in [0.25, 0.3) is 0 Å². The van der Waals surface area contributed by atoms with Crippen LogP contribution in [-0.4, -0.2) is 53.3 Å². The molecule has 1 atom stereocenters. The van der Waals surface area contributed by atoms with Gasteiger partial charge in [0.1, 0.15) is 5.75 Å². The molecule has 0 spiro atoms. The first-order valence-corrected chi connectivity index (χ1v) is 7.06. The van der Waals surface area contributed by atoms with Crippen molar-refractivity contribution >= 4 is 23.5 Å². The highest BCUT2D eigenvalue weighted by Gasteiger charge is 2.30. The minimum Gasteiger partial charge on any atom is -0.482 e. The molecular weight excluding hydrogens is 304 g/mol. The molecule has 0 saturated carbocycles. The molecule has 8 heteroatoms. The van der Waals surface area contributed by atoms with Gasteiger partial charge in [0.2, 0.25) is 5.91 Å². The number of rotatable bonds is 6. The van der Waals surface area contributed by atoms with E-state index in [0.717, 1.165) is 6.92 Å². The van der Waals surface area contributed by atoms with Crippen molar-refractivity contribution in [3.63, 3.8) is 0 Å². The maximum Gasteiger partial charge on any atom is 0.337 e. The zero-order chi connectivity index (χ0) is 17.0. The number of hydrogen-bond donors (Lipinski definition) is 3. The Morgan fingerprint density at radius 1 is 1.39 bits per heavy atom. The van der Waals surface area contributed by atoms with Gasteiger partial charge in [0, 0.05) is 13.0 Å². The second-order valence-corrected chi connectivity index (χ2v) is 5.41. The summed E-state index contributed by atoms with van der Waals surface area (Å²) in [6.07, 6.45) is -0.0181. The zero-order valence-corrected chi connectivity index (χ0v) is 12.6. The predicted molar refractivity (Wildman–Crippen MR) is 80.2 cm³/mol. The number of carboxylic acids is 1. The van der Waals surface area contributed by atoms with E-state index < -0.39 is 24.0 Å². The van der Waals surface area contributed by atoms with Crippen LogP contribution < -0.4 is 15.0 Å². The van der Waals surface area contributed by atoms with Crippen molar-refractivity contribution in [2.45, 2.75) is 18.9 Å². The van der Waals surface area contributed by atoms with Crippen LogP contribution in [0.2, 0.25) is 0 Å². The molecule has 3 N–H and O–H groups in total. The molecule has 1 unspecified atom stereocenters. The van der Waals surface area contributed by atoms with Gasteiger partial charge in [-0.25, -0.2) is 4.79 Å². The predicted octanol–water partition coefficient (Wildman–Crippen LogP) is -0.246. The molecule has 8 nitrogen and oxygen atoms in total. The van der Waals surface area contributed by atoms with Gasteiger partial charge in [0.05, 0.1) is 12.2 Å². The Kier molecular flexibility index (Phi) is 4.85. The number of nitrogens with zero attached hydrogens (tertiary/aromatic N) is 1. The number of aliphatic hydroxyl groups is 1. The third kappa shape index (κ3) is 3.98. The van der Waals surface area contributed by atoms with Crippen LogP contribution in [-0.2, 0) is 14.4 Å². The molecule has 124 valence electrons. The summed E-state index contributed by atoms with van der Waals surface area (Å²) in [5, 5.41) is 20.6. The summed E-state index contributed by atoms with van der Waals surface area (Å²) in [4.78, 5) is 35.9. The van der Waals surface area contributed by atoms with E-state index in [0.29, 0.717) is 11.4 Å². The Morgan fingerprint density at radius 2 is 2.09 bits per heavy atom. The topological polar surface area (TPSA) is 116 Å². The highest BCUT2D eigenvalue weighted by atomic mass is 16.5. The zero-order valence-electron chi connectivity index (χ0n) is 12.6. The fraction of sp³-hybridized carbons (Fsp3) is 0.400. The third-order valence-corrected chi connectivity index (χ3v) is 3.46. The molecule has 1 aliphatic heterocycles. The highest BCUT2D eigenvalue weighted by Crippen LogP contribution is 2.31. The summed E-state index contributed by atoms with van der Waals surface area (Å²) in [6, 6.07) is 7.00. The van der Waals surface area contributed by atoms with Gasteiger partial charge in [-0.2, -0.15) is 0 Å². The van der Waals surface area contributed by atoms with Crippen molar-refractivity contribution in [3.8, 4) is 5.75 Å². The van der Waals surface area contributed by atoms with Crippen LogP contribution in [0.5, 0.6) is 5.75 Å². The summed E-state index contributed by atoms with van der Waals surface area (Å²) in [7, 11) is 0. The normalized spacial score (nSPS) is 16.1. The molecule has 0 saturated heterocycles. The number of fused-ring (bicyclic) bond motifs is 1. The number of benzene rings is 1. The fourth-order valence-electron chi connectivity index (χ4n) is 2.05. The maximum absolute atomic E-state index is 11.9. The van der Waals surface area contributed by atoms with Crippen molar-refractivity contribution < 1.29 is 29.3 Å². The van der Waals surface area contributed by atoms with Crippen LogP contribution in [0.15, 0.2) is 24.3 Å². The lowest BCUT2D eigenvalue weighted by atomic mass is 10.1. The molecule has 1 heterocycles. The first-order valence-electron chi connectivity index (χ1n) is 7.06. The number of para-hydroxylation sites is 2. The van der Waals surface area contributed by atoms with Gasteiger partial charge < -0.3 is 25.2 Å². The minimum atomic E-state index is -2.03. The Labute approximate surface area is 132 Å². The molecule has 2 rings (SSSR count). The van der Waals surface area contributed by atoms with E-state index >= 15 is 0 Å². The fourth-order valence-corrected chi connectivity index (χ4v) is 2.05. The van der Waals surface area contributed by atoms with Gasteiger partial charge >= 0.3 is 5.97 Å². The summed E-state index contributed by atoms with van der Waals surface area (Å²) >= 11 is 0. The molecule has 1 aromatic carbocycles. The summed E-state index contributed by atoms with van der Waals surface area (Å²) in [5.41, 5.74) is -1.44.